The highest BCUT2D eigenvalue weighted by atomic mass is 35.5. The predicted octanol–water partition coefficient (Wildman–Crippen LogP) is 1.57. The van der Waals surface area contributed by atoms with Crippen molar-refractivity contribution in [2.45, 2.75) is 13.2 Å². The van der Waals surface area contributed by atoms with Crippen molar-refractivity contribution in [2.24, 2.45) is 0 Å². The fourth-order valence-electron chi connectivity index (χ4n) is 1.76. The minimum Gasteiger partial charge on any atom is -0.494 e. The fraction of sp³-hybridized carbons (Fsp3) is 0.333. The zero-order valence-corrected chi connectivity index (χ0v) is 11.4. The van der Waals surface area contributed by atoms with Crippen LogP contribution in [0.1, 0.15) is 11.4 Å². The quantitative estimate of drug-likeness (QED) is 0.902. The molecule has 0 aliphatic heterocycles. The van der Waals surface area contributed by atoms with E-state index in [1.165, 1.54) is 0 Å². The summed E-state index contributed by atoms with van der Waals surface area (Å²) in [5, 5.41) is 17.7. The zero-order valence-electron chi connectivity index (χ0n) is 10.6. The molecule has 1 heterocycles. The highest BCUT2D eigenvalue weighted by Crippen LogP contribution is 2.27. The number of methoxy groups -OCH3 is 2. The van der Waals surface area contributed by atoms with Crippen LogP contribution in [-0.4, -0.2) is 34.3 Å². The minimum absolute atomic E-state index is 0.207. The second kappa shape index (κ2) is 6.01. The SMILES string of the molecule is COCc1c(CO)nnn1-c1cc(Cl)ccc1OC. The fourth-order valence-corrected chi connectivity index (χ4v) is 1.93. The van der Waals surface area contributed by atoms with Crippen molar-refractivity contribution in [2.75, 3.05) is 14.2 Å². The Kier molecular flexibility index (Phi) is 4.36. The van der Waals surface area contributed by atoms with Crippen molar-refractivity contribution < 1.29 is 14.6 Å². The molecule has 2 aromatic rings. The van der Waals surface area contributed by atoms with E-state index in [4.69, 9.17) is 21.1 Å². The van der Waals surface area contributed by atoms with Gasteiger partial charge in [-0.1, -0.05) is 16.8 Å². The summed E-state index contributed by atoms with van der Waals surface area (Å²) in [5.41, 5.74) is 1.77. The highest BCUT2D eigenvalue weighted by Gasteiger charge is 2.16. The molecule has 1 aromatic heterocycles. The highest BCUT2D eigenvalue weighted by molar-refractivity contribution is 6.30. The minimum atomic E-state index is -0.207. The number of hydrogen-bond donors (Lipinski definition) is 1. The normalized spacial score (nSPS) is 10.7. The van der Waals surface area contributed by atoms with Crippen LogP contribution in [0, 0.1) is 0 Å². The van der Waals surface area contributed by atoms with Crippen LogP contribution in [0.15, 0.2) is 18.2 Å². The Hall–Kier alpha value is -1.63. The first-order valence-electron chi connectivity index (χ1n) is 5.58. The summed E-state index contributed by atoms with van der Waals surface area (Å²) in [7, 11) is 3.13. The van der Waals surface area contributed by atoms with E-state index in [1.807, 2.05) is 0 Å². The number of rotatable bonds is 5. The van der Waals surface area contributed by atoms with E-state index < -0.39 is 0 Å². The van der Waals surface area contributed by atoms with Crippen LogP contribution in [0.4, 0.5) is 0 Å². The van der Waals surface area contributed by atoms with Gasteiger partial charge >= 0.3 is 0 Å². The Morgan fingerprint density at radius 2 is 2.16 bits per heavy atom. The lowest BCUT2D eigenvalue weighted by atomic mass is 10.2. The van der Waals surface area contributed by atoms with E-state index in [2.05, 4.69) is 10.3 Å². The summed E-state index contributed by atoms with van der Waals surface area (Å²) >= 11 is 6.00. The Morgan fingerprint density at radius 1 is 1.37 bits per heavy atom. The number of aliphatic hydroxyl groups is 1. The Balaban J connectivity index is 2.57. The van der Waals surface area contributed by atoms with Gasteiger partial charge in [0.05, 0.1) is 26.0 Å². The van der Waals surface area contributed by atoms with Crippen molar-refractivity contribution in [3.05, 3.63) is 34.6 Å². The van der Waals surface area contributed by atoms with Gasteiger partial charge in [0.2, 0.25) is 0 Å². The van der Waals surface area contributed by atoms with Crippen LogP contribution in [0.2, 0.25) is 5.02 Å². The molecule has 0 radical (unpaired) electrons. The van der Waals surface area contributed by atoms with Gasteiger partial charge in [0.15, 0.2) is 0 Å². The van der Waals surface area contributed by atoms with Crippen LogP contribution >= 0.6 is 11.6 Å². The van der Waals surface area contributed by atoms with Gasteiger partial charge in [0.25, 0.3) is 0 Å². The maximum Gasteiger partial charge on any atom is 0.144 e. The van der Waals surface area contributed by atoms with Crippen molar-refractivity contribution in [3.8, 4) is 11.4 Å². The number of nitrogens with zero attached hydrogens (tertiary/aromatic N) is 3. The third-order valence-electron chi connectivity index (χ3n) is 2.64. The van der Waals surface area contributed by atoms with Gasteiger partial charge in [-0.3, -0.25) is 0 Å². The molecule has 0 atom stereocenters. The smallest absolute Gasteiger partial charge is 0.144 e. The van der Waals surface area contributed by atoms with Gasteiger partial charge in [-0.25, -0.2) is 4.68 Å². The molecule has 0 spiro atoms. The first-order chi connectivity index (χ1) is 9.21. The van der Waals surface area contributed by atoms with Crippen LogP contribution in [-0.2, 0) is 18.0 Å². The summed E-state index contributed by atoms with van der Waals surface area (Å²) in [5.74, 6) is 0.608. The zero-order chi connectivity index (χ0) is 13.8. The van der Waals surface area contributed by atoms with E-state index >= 15 is 0 Å². The Labute approximate surface area is 115 Å². The molecule has 0 aliphatic rings. The Morgan fingerprint density at radius 3 is 2.79 bits per heavy atom. The van der Waals surface area contributed by atoms with Crippen LogP contribution in [0.25, 0.3) is 5.69 Å². The lowest BCUT2D eigenvalue weighted by Gasteiger charge is -2.11. The topological polar surface area (TPSA) is 69.4 Å². The van der Waals surface area contributed by atoms with Gasteiger partial charge in [0, 0.05) is 12.1 Å². The summed E-state index contributed by atoms with van der Waals surface area (Å²) in [6.07, 6.45) is 0. The number of halogens is 1. The molecule has 102 valence electrons. The first-order valence-corrected chi connectivity index (χ1v) is 5.96. The molecule has 0 unspecified atom stereocenters. The lowest BCUT2D eigenvalue weighted by Crippen LogP contribution is -2.06. The van der Waals surface area contributed by atoms with E-state index in [0.29, 0.717) is 27.8 Å². The predicted molar refractivity (Wildman–Crippen MR) is 69.6 cm³/mol. The van der Waals surface area contributed by atoms with Gasteiger partial charge in [-0.2, -0.15) is 0 Å². The van der Waals surface area contributed by atoms with Crippen LogP contribution < -0.4 is 4.74 Å². The van der Waals surface area contributed by atoms with E-state index in [-0.39, 0.29) is 13.2 Å². The van der Waals surface area contributed by atoms with Crippen molar-refractivity contribution in [3.63, 3.8) is 0 Å². The van der Waals surface area contributed by atoms with Gasteiger partial charge in [-0.05, 0) is 18.2 Å². The number of hydrogen-bond acceptors (Lipinski definition) is 5. The average Bonchev–Trinajstić information content (AvgIpc) is 2.82. The van der Waals surface area contributed by atoms with E-state index in [9.17, 15) is 5.11 Å². The first kappa shape index (κ1) is 13.8. The number of aromatic nitrogens is 3. The summed E-state index contributed by atoms with van der Waals surface area (Å²) in [6, 6.07) is 5.19. The average molecular weight is 284 g/mol. The van der Waals surface area contributed by atoms with Crippen molar-refractivity contribution in [1.82, 2.24) is 15.0 Å². The van der Waals surface area contributed by atoms with E-state index in [1.54, 1.807) is 37.1 Å². The monoisotopic (exact) mass is 283 g/mol. The van der Waals surface area contributed by atoms with Crippen LogP contribution in [0.3, 0.4) is 0 Å². The third-order valence-corrected chi connectivity index (χ3v) is 2.88. The van der Waals surface area contributed by atoms with Gasteiger partial charge < -0.3 is 14.6 Å². The largest absolute Gasteiger partial charge is 0.494 e. The van der Waals surface area contributed by atoms with Crippen molar-refractivity contribution in [1.29, 1.82) is 0 Å². The molecule has 1 N–H and O–H groups in total. The second-order valence-electron chi connectivity index (χ2n) is 3.80. The second-order valence-corrected chi connectivity index (χ2v) is 4.24. The van der Waals surface area contributed by atoms with Gasteiger partial charge in [0.1, 0.15) is 17.1 Å². The number of aliphatic hydroxyl groups excluding tert-OH is 1. The summed E-state index contributed by atoms with van der Waals surface area (Å²) < 4.78 is 11.9. The molecule has 2 rings (SSSR count). The molecular weight excluding hydrogens is 270 g/mol. The van der Waals surface area contributed by atoms with E-state index in [0.717, 1.165) is 0 Å². The molecule has 0 saturated heterocycles. The molecule has 0 saturated carbocycles. The maximum atomic E-state index is 9.26. The molecule has 7 heteroatoms. The summed E-state index contributed by atoms with van der Waals surface area (Å²) in [6.45, 7) is 0.0696. The Bertz CT molecular complexity index is 571. The maximum absolute atomic E-state index is 9.26. The molecule has 6 nitrogen and oxygen atoms in total. The molecule has 0 fully saturated rings. The molecular formula is C12H14ClN3O3. The van der Waals surface area contributed by atoms with Gasteiger partial charge in [-0.15, -0.1) is 5.10 Å². The standard InChI is InChI=1S/C12H14ClN3O3/c1-18-7-11-9(6-17)14-15-16(11)10-5-8(13)3-4-12(10)19-2/h3-5,17H,6-7H2,1-2H3. The molecule has 0 aliphatic carbocycles. The number of benzene rings is 1. The van der Waals surface area contributed by atoms with Crippen LogP contribution in [0.5, 0.6) is 5.75 Å². The molecule has 19 heavy (non-hydrogen) atoms. The molecule has 1 aromatic carbocycles. The lowest BCUT2D eigenvalue weighted by molar-refractivity contribution is 0.175. The number of ether oxygens (including phenoxy) is 2. The molecule has 0 bridgehead atoms. The van der Waals surface area contributed by atoms with Crippen molar-refractivity contribution >= 4 is 11.6 Å². The summed E-state index contributed by atoms with van der Waals surface area (Å²) in [4.78, 5) is 0. The molecule has 0 amide bonds. The third kappa shape index (κ3) is 2.70.